The van der Waals surface area contributed by atoms with Crippen LogP contribution in [0.2, 0.25) is 0 Å². The zero-order chi connectivity index (χ0) is 17.5. The fourth-order valence-electron chi connectivity index (χ4n) is 3.93. The number of furan rings is 1. The van der Waals surface area contributed by atoms with E-state index in [1.165, 1.54) is 12.0 Å². The van der Waals surface area contributed by atoms with E-state index in [0.717, 1.165) is 44.7 Å². The van der Waals surface area contributed by atoms with Crippen LogP contribution in [0.3, 0.4) is 0 Å². The monoisotopic (exact) mass is 341 g/mol. The summed E-state index contributed by atoms with van der Waals surface area (Å²) in [4.78, 5) is 0. The zero-order valence-corrected chi connectivity index (χ0v) is 15.5. The van der Waals surface area contributed by atoms with Crippen LogP contribution < -0.4 is 5.32 Å². The van der Waals surface area contributed by atoms with E-state index in [4.69, 9.17) is 9.15 Å². The molecule has 136 valence electrons. The van der Waals surface area contributed by atoms with E-state index in [2.05, 4.69) is 49.5 Å². The molecule has 0 radical (unpaired) electrons. The Kier molecular flexibility index (Phi) is 6.33. The quantitative estimate of drug-likeness (QED) is 0.699. The minimum absolute atomic E-state index is 0.324. The van der Waals surface area contributed by atoms with Crippen molar-refractivity contribution in [2.24, 2.45) is 11.3 Å². The minimum Gasteiger partial charge on any atom is -0.468 e. The van der Waals surface area contributed by atoms with Crippen LogP contribution >= 0.6 is 0 Å². The van der Waals surface area contributed by atoms with Gasteiger partial charge in [-0.25, -0.2) is 0 Å². The lowest BCUT2D eigenvalue weighted by Crippen LogP contribution is -2.41. The number of hydrogen-bond acceptors (Lipinski definition) is 3. The van der Waals surface area contributed by atoms with Crippen LogP contribution in [-0.2, 0) is 17.7 Å². The van der Waals surface area contributed by atoms with Crippen LogP contribution in [0, 0.1) is 11.3 Å². The Morgan fingerprint density at radius 3 is 2.72 bits per heavy atom. The zero-order valence-electron chi connectivity index (χ0n) is 15.5. The third-order valence-corrected chi connectivity index (χ3v) is 5.48. The Morgan fingerprint density at radius 1 is 1.16 bits per heavy atom. The first-order chi connectivity index (χ1) is 12.2. The van der Waals surface area contributed by atoms with Gasteiger partial charge in [0.05, 0.1) is 18.9 Å². The molecule has 2 atom stereocenters. The van der Waals surface area contributed by atoms with Crippen molar-refractivity contribution in [1.29, 1.82) is 0 Å². The maximum atomic E-state index is 6.06. The van der Waals surface area contributed by atoms with Gasteiger partial charge in [0.25, 0.3) is 0 Å². The summed E-state index contributed by atoms with van der Waals surface area (Å²) in [7, 11) is 0. The topological polar surface area (TPSA) is 34.4 Å². The van der Waals surface area contributed by atoms with Gasteiger partial charge in [-0.1, -0.05) is 44.2 Å². The summed E-state index contributed by atoms with van der Waals surface area (Å²) in [5.74, 6) is 1.58. The van der Waals surface area contributed by atoms with Crippen molar-refractivity contribution in [3.05, 3.63) is 60.1 Å². The molecule has 3 nitrogen and oxygen atoms in total. The second-order valence-corrected chi connectivity index (χ2v) is 7.78. The molecule has 0 amide bonds. The standard InChI is InChI=1S/C22H31NO2/c1-18(2)21-16-22(11-14-25-21,15-19-7-4-3-5-8-19)10-12-23-17-20-9-6-13-24-20/h3-9,13,18,21,23H,10-12,14-17H2,1-2H3/t21-,22+/m0/s1. The van der Waals surface area contributed by atoms with Crippen LogP contribution in [0.1, 0.15) is 44.4 Å². The SMILES string of the molecule is CC(C)[C@@H]1C[C@@](CCNCc2ccco2)(Cc2ccccc2)CCO1. The molecule has 0 aliphatic carbocycles. The lowest BCUT2D eigenvalue weighted by atomic mass is 9.69. The lowest BCUT2D eigenvalue weighted by molar-refractivity contribution is -0.0720. The maximum absolute atomic E-state index is 6.06. The minimum atomic E-state index is 0.324. The summed E-state index contributed by atoms with van der Waals surface area (Å²) in [5.41, 5.74) is 1.77. The molecule has 3 rings (SSSR count). The summed E-state index contributed by atoms with van der Waals surface area (Å²) in [6.07, 6.45) is 6.73. The predicted octanol–water partition coefficient (Wildman–Crippen LogP) is 4.82. The Bertz CT molecular complexity index is 608. The van der Waals surface area contributed by atoms with Crippen molar-refractivity contribution in [2.75, 3.05) is 13.2 Å². The number of ether oxygens (including phenoxy) is 1. The second-order valence-electron chi connectivity index (χ2n) is 7.78. The lowest BCUT2D eigenvalue weighted by Gasteiger charge is -2.43. The average Bonchev–Trinajstić information content (AvgIpc) is 3.13. The van der Waals surface area contributed by atoms with Crippen LogP contribution in [0.4, 0.5) is 0 Å². The van der Waals surface area contributed by atoms with Gasteiger partial charge in [-0.3, -0.25) is 0 Å². The molecule has 1 aromatic heterocycles. The smallest absolute Gasteiger partial charge is 0.117 e. The van der Waals surface area contributed by atoms with Crippen molar-refractivity contribution < 1.29 is 9.15 Å². The average molecular weight is 341 g/mol. The Labute approximate surface area is 151 Å². The molecule has 1 saturated heterocycles. The molecule has 1 aliphatic heterocycles. The largest absolute Gasteiger partial charge is 0.468 e. The normalized spacial score (nSPS) is 23.9. The Balaban J connectivity index is 1.63. The molecule has 25 heavy (non-hydrogen) atoms. The van der Waals surface area contributed by atoms with Crippen molar-refractivity contribution in [2.45, 2.75) is 52.2 Å². The van der Waals surface area contributed by atoms with Crippen molar-refractivity contribution in [3.63, 3.8) is 0 Å². The fourth-order valence-corrected chi connectivity index (χ4v) is 3.93. The van der Waals surface area contributed by atoms with E-state index in [1.54, 1.807) is 6.26 Å². The van der Waals surface area contributed by atoms with Crippen LogP contribution in [0.5, 0.6) is 0 Å². The fraction of sp³-hybridized carbons (Fsp3) is 0.545. The summed E-state index contributed by atoms with van der Waals surface area (Å²) in [6.45, 7) is 7.25. The number of benzene rings is 1. The molecule has 2 heterocycles. The van der Waals surface area contributed by atoms with Crippen LogP contribution in [0.25, 0.3) is 0 Å². The highest BCUT2D eigenvalue weighted by Crippen LogP contribution is 2.41. The first kappa shape index (κ1) is 18.2. The highest BCUT2D eigenvalue weighted by atomic mass is 16.5. The molecule has 2 aromatic rings. The van der Waals surface area contributed by atoms with Gasteiger partial charge < -0.3 is 14.5 Å². The maximum Gasteiger partial charge on any atom is 0.117 e. The highest BCUT2D eigenvalue weighted by Gasteiger charge is 2.37. The summed E-state index contributed by atoms with van der Waals surface area (Å²) in [6, 6.07) is 14.9. The van der Waals surface area contributed by atoms with Crippen molar-refractivity contribution >= 4 is 0 Å². The molecule has 3 heteroatoms. The van der Waals surface area contributed by atoms with E-state index >= 15 is 0 Å². The Morgan fingerprint density at radius 2 is 2.00 bits per heavy atom. The van der Waals surface area contributed by atoms with E-state index < -0.39 is 0 Å². The van der Waals surface area contributed by atoms with Crippen molar-refractivity contribution in [1.82, 2.24) is 5.32 Å². The van der Waals surface area contributed by atoms with Gasteiger partial charge in [0.2, 0.25) is 0 Å². The van der Waals surface area contributed by atoms with Gasteiger partial charge in [-0.15, -0.1) is 0 Å². The van der Waals surface area contributed by atoms with E-state index in [0.29, 0.717) is 17.4 Å². The molecule has 1 aliphatic rings. The molecule has 0 bridgehead atoms. The Hall–Kier alpha value is -1.58. The number of rotatable bonds is 8. The van der Waals surface area contributed by atoms with Crippen LogP contribution in [0.15, 0.2) is 53.1 Å². The van der Waals surface area contributed by atoms with Crippen LogP contribution in [-0.4, -0.2) is 19.3 Å². The summed E-state index contributed by atoms with van der Waals surface area (Å²) >= 11 is 0. The van der Waals surface area contributed by atoms with E-state index in [9.17, 15) is 0 Å². The molecular weight excluding hydrogens is 310 g/mol. The van der Waals surface area contributed by atoms with Gasteiger partial charge in [0, 0.05) is 6.61 Å². The molecule has 0 unspecified atom stereocenters. The van der Waals surface area contributed by atoms with Gasteiger partial charge >= 0.3 is 0 Å². The molecule has 1 N–H and O–H groups in total. The molecule has 1 fully saturated rings. The summed E-state index contributed by atoms with van der Waals surface area (Å²) < 4.78 is 11.5. The first-order valence-corrected chi connectivity index (χ1v) is 9.55. The van der Waals surface area contributed by atoms with Crippen molar-refractivity contribution in [3.8, 4) is 0 Å². The summed E-state index contributed by atoms with van der Waals surface area (Å²) in [5, 5.41) is 3.56. The first-order valence-electron chi connectivity index (χ1n) is 9.55. The highest BCUT2D eigenvalue weighted by molar-refractivity contribution is 5.17. The van der Waals surface area contributed by atoms with Gasteiger partial charge in [0.15, 0.2) is 0 Å². The molecule has 0 saturated carbocycles. The number of nitrogens with one attached hydrogen (secondary N) is 1. The van der Waals surface area contributed by atoms with E-state index in [1.807, 2.05) is 12.1 Å². The van der Waals surface area contributed by atoms with Gasteiger partial charge in [-0.2, -0.15) is 0 Å². The number of hydrogen-bond donors (Lipinski definition) is 1. The van der Waals surface area contributed by atoms with Gasteiger partial charge in [0.1, 0.15) is 5.76 Å². The molecule has 0 spiro atoms. The third kappa shape index (κ3) is 5.20. The van der Waals surface area contributed by atoms with E-state index in [-0.39, 0.29) is 0 Å². The molecular formula is C22H31NO2. The van der Waals surface area contributed by atoms with Gasteiger partial charge in [-0.05, 0) is 61.3 Å². The second kappa shape index (κ2) is 8.68. The third-order valence-electron chi connectivity index (χ3n) is 5.48. The predicted molar refractivity (Wildman–Crippen MR) is 101 cm³/mol. The molecule has 1 aromatic carbocycles.